The Kier molecular flexibility index (Phi) is 5.57. The summed E-state index contributed by atoms with van der Waals surface area (Å²) in [6.07, 6.45) is 10.1. The second-order valence-corrected chi connectivity index (χ2v) is 8.57. The van der Waals surface area contributed by atoms with E-state index in [0.29, 0.717) is 5.89 Å². The van der Waals surface area contributed by atoms with Crippen LogP contribution < -0.4 is 4.74 Å². The number of unbranched alkanes of at least 4 members (excludes halogenated alkanes) is 3. The molecule has 0 aliphatic carbocycles. The van der Waals surface area contributed by atoms with Crippen molar-refractivity contribution >= 4 is 17.2 Å². The fourth-order valence-electron chi connectivity index (χ4n) is 4.69. The highest BCUT2D eigenvalue weighted by atomic mass is 16.5. The highest BCUT2D eigenvalue weighted by molar-refractivity contribution is 5.89. The van der Waals surface area contributed by atoms with Crippen molar-refractivity contribution in [2.24, 2.45) is 0 Å². The normalized spacial score (nSPS) is 14.3. The van der Waals surface area contributed by atoms with Crippen molar-refractivity contribution in [3.05, 3.63) is 101 Å². The molecule has 0 radical (unpaired) electrons. The third kappa shape index (κ3) is 3.62. The van der Waals surface area contributed by atoms with Crippen molar-refractivity contribution in [3.8, 4) is 5.75 Å². The molecule has 0 saturated heterocycles. The topological polar surface area (TPSA) is 35.3 Å². The van der Waals surface area contributed by atoms with Gasteiger partial charge < -0.3 is 9.15 Å². The van der Waals surface area contributed by atoms with Crippen LogP contribution in [0.15, 0.2) is 77.2 Å². The van der Waals surface area contributed by atoms with E-state index in [0.717, 1.165) is 46.4 Å². The molecule has 1 aromatic heterocycles. The van der Waals surface area contributed by atoms with Gasteiger partial charge in [0.2, 0.25) is 0 Å². The first-order valence-electron chi connectivity index (χ1n) is 11.6. The lowest BCUT2D eigenvalue weighted by Gasteiger charge is -2.37. The van der Waals surface area contributed by atoms with E-state index in [1.54, 1.807) is 0 Å². The number of aromatic nitrogens is 1. The Balaban J connectivity index is 1.67. The SMILES string of the molecule is CCCCCCc1cc2oc(C)nc2c2c1OC(c1ccccc1)(c1ccccc1)C=C2. The molecule has 2 heterocycles. The molecule has 1 aliphatic rings. The molecule has 0 bridgehead atoms. The molecule has 5 rings (SSSR count). The van der Waals surface area contributed by atoms with Gasteiger partial charge in [-0.3, -0.25) is 0 Å². The van der Waals surface area contributed by atoms with Crippen molar-refractivity contribution < 1.29 is 9.15 Å². The van der Waals surface area contributed by atoms with Gasteiger partial charge in [-0.15, -0.1) is 0 Å². The highest BCUT2D eigenvalue weighted by Gasteiger charge is 2.38. The van der Waals surface area contributed by atoms with Crippen molar-refractivity contribution in [3.63, 3.8) is 0 Å². The summed E-state index contributed by atoms with van der Waals surface area (Å²) in [5.41, 5.74) is 5.48. The number of nitrogens with zero attached hydrogens (tertiary/aromatic N) is 1. The summed E-state index contributed by atoms with van der Waals surface area (Å²) < 4.78 is 13.0. The molecule has 0 fully saturated rings. The van der Waals surface area contributed by atoms with E-state index >= 15 is 0 Å². The monoisotopic (exact) mass is 423 g/mol. The van der Waals surface area contributed by atoms with Crippen molar-refractivity contribution in [1.82, 2.24) is 4.98 Å². The summed E-state index contributed by atoms with van der Waals surface area (Å²) in [6.45, 7) is 4.14. The molecule has 32 heavy (non-hydrogen) atoms. The van der Waals surface area contributed by atoms with Crippen LogP contribution in [0.5, 0.6) is 5.75 Å². The quantitative estimate of drug-likeness (QED) is 0.287. The lowest BCUT2D eigenvalue weighted by Crippen LogP contribution is -2.34. The smallest absolute Gasteiger partial charge is 0.192 e. The molecule has 1 aliphatic heterocycles. The first-order chi connectivity index (χ1) is 15.7. The van der Waals surface area contributed by atoms with Gasteiger partial charge in [-0.05, 0) is 36.6 Å². The minimum absolute atomic E-state index is 0.680. The number of hydrogen-bond donors (Lipinski definition) is 0. The number of hydrogen-bond acceptors (Lipinski definition) is 3. The third-order valence-electron chi connectivity index (χ3n) is 6.31. The average Bonchev–Trinajstić information content (AvgIpc) is 3.22. The second kappa shape index (κ2) is 8.66. The van der Waals surface area contributed by atoms with E-state index < -0.39 is 5.60 Å². The van der Waals surface area contributed by atoms with E-state index in [1.165, 1.54) is 24.8 Å². The third-order valence-corrected chi connectivity index (χ3v) is 6.31. The lowest BCUT2D eigenvalue weighted by atomic mass is 9.83. The minimum atomic E-state index is -0.680. The van der Waals surface area contributed by atoms with Crippen LogP contribution in [-0.4, -0.2) is 4.98 Å². The first kappa shape index (κ1) is 20.6. The molecule has 0 N–H and O–H groups in total. The predicted octanol–water partition coefficient (Wildman–Crippen LogP) is 7.61. The number of aryl methyl sites for hydroxylation is 2. The fraction of sp³-hybridized carbons (Fsp3) is 0.276. The van der Waals surface area contributed by atoms with Crippen LogP contribution in [0.2, 0.25) is 0 Å². The van der Waals surface area contributed by atoms with Gasteiger partial charge in [0, 0.05) is 23.6 Å². The van der Waals surface area contributed by atoms with E-state index in [9.17, 15) is 0 Å². The number of ether oxygens (including phenoxy) is 1. The summed E-state index contributed by atoms with van der Waals surface area (Å²) in [6, 6.07) is 23.1. The Morgan fingerprint density at radius 3 is 2.22 bits per heavy atom. The second-order valence-electron chi connectivity index (χ2n) is 8.57. The number of rotatable bonds is 7. The maximum Gasteiger partial charge on any atom is 0.192 e. The zero-order chi connectivity index (χ0) is 22.0. The Bertz CT molecular complexity index is 1200. The van der Waals surface area contributed by atoms with Gasteiger partial charge in [0.25, 0.3) is 0 Å². The van der Waals surface area contributed by atoms with Gasteiger partial charge in [0.05, 0.1) is 0 Å². The Hall–Kier alpha value is -3.33. The Morgan fingerprint density at radius 2 is 1.56 bits per heavy atom. The molecule has 0 unspecified atom stereocenters. The summed E-state index contributed by atoms with van der Waals surface area (Å²) in [4.78, 5) is 4.67. The van der Waals surface area contributed by atoms with E-state index in [-0.39, 0.29) is 0 Å². The molecular weight excluding hydrogens is 394 g/mol. The Labute approximate surface area is 189 Å². The van der Waals surface area contributed by atoms with E-state index in [4.69, 9.17) is 9.15 Å². The molecule has 0 spiro atoms. The molecule has 3 aromatic carbocycles. The number of benzene rings is 3. The van der Waals surface area contributed by atoms with E-state index in [2.05, 4.69) is 78.7 Å². The van der Waals surface area contributed by atoms with Gasteiger partial charge in [0.15, 0.2) is 17.1 Å². The molecular formula is C29H29NO2. The van der Waals surface area contributed by atoms with Crippen molar-refractivity contribution in [2.45, 2.75) is 51.6 Å². The zero-order valence-corrected chi connectivity index (χ0v) is 18.8. The predicted molar refractivity (Wildman–Crippen MR) is 130 cm³/mol. The van der Waals surface area contributed by atoms with Crippen molar-refractivity contribution in [2.75, 3.05) is 0 Å². The number of oxazole rings is 1. The van der Waals surface area contributed by atoms with Crippen LogP contribution in [0.25, 0.3) is 17.2 Å². The highest BCUT2D eigenvalue weighted by Crippen LogP contribution is 2.46. The van der Waals surface area contributed by atoms with Crippen LogP contribution in [-0.2, 0) is 12.0 Å². The largest absolute Gasteiger partial charge is 0.473 e. The lowest BCUT2D eigenvalue weighted by molar-refractivity contribution is 0.159. The zero-order valence-electron chi connectivity index (χ0n) is 18.8. The van der Waals surface area contributed by atoms with Gasteiger partial charge in [-0.25, -0.2) is 4.98 Å². The first-order valence-corrected chi connectivity index (χ1v) is 11.6. The van der Waals surface area contributed by atoms with Gasteiger partial charge in [-0.2, -0.15) is 0 Å². The summed E-state index contributed by atoms with van der Waals surface area (Å²) in [5, 5.41) is 0. The molecule has 0 amide bonds. The molecule has 0 atom stereocenters. The van der Waals surface area contributed by atoms with Crippen LogP contribution in [0.1, 0.15) is 60.8 Å². The summed E-state index contributed by atoms with van der Waals surface area (Å²) >= 11 is 0. The molecule has 3 nitrogen and oxygen atoms in total. The maximum atomic E-state index is 7.03. The molecule has 0 saturated carbocycles. The standard InChI is InChI=1S/C29H29NO2/c1-3-4-5-8-13-22-20-26-27(30-21(2)31-26)25-18-19-29(32-28(22)25,23-14-9-6-10-15-23)24-16-11-7-12-17-24/h6-7,9-12,14-20H,3-5,8,13H2,1-2H3. The summed E-state index contributed by atoms with van der Waals surface area (Å²) in [5.74, 6) is 1.61. The molecule has 3 heteroatoms. The van der Waals surface area contributed by atoms with Crippen LogP contribution in [0, 0.1) is 6.92 Å². The minimum Gasteiger partial charge on any atom is -0.473 e. The van der Waals surface area contributed by atoms with Gasteiger partial charge in [0.1, 0.15) is 11.3 Å². The van der Waals surface area contributed by atoms with Gasteiger partial charge >= 0.3 is 0 Å². The Morgan fingerprint density at radius 1 is 0.875 bits per heavy atom. The van der Waals surface area contributed by atoms with Gasteiger partial charge in [-0.1, -0.05) is 86.8 Å². The average molecular weight is 424 g/mol. The van der Waals surface area contributed by atoms with Crippen LogP contribution in [0.3, 0.4) is 0 Å². The molecule has 162 valence electrons. The van der Waals surface area contributed by atoms with E-state index in [1.807, 2.05) is 19.1 Å². The van der Waals surface area contributed by atoms with Crippen LogP contribution in [0.4, 0.5) is 0 Å². The summed E-state index contributed by atoms with van der Waals surface area (Å²) in [7, 11) is 0. The molecule has 4 aromatic rings. The van der Waals surface area contributed by atoms with Crippen LogP contribution >= 0.6 is 0 Å². The van der Waals surface area contributed by atoms with Crippen molar-refractivity contribution in [1.29, 1.82) is 0 Å². The number of fused-ring (bicyclic) bond motifs is 3. The fourth-order valence-corrected chi connectivity index (χ4v) is 4.69. The maximum absolute atomic E-state index is 7.03.